The molecule has 0 radical (unpaired) electrons. The summed E-state index contributed by atoms with van der Waals surface area (Å²) in [6.07, 6.45) is 1.73. The Hall–Kier alpha value is -1.32. The number of benzene rings is 1. The summed E-state index contributed by atoms with van der Waals surface area (Å²) in [5.74, 6) is 0. The van der Waals surface area contributed by atoms with Gasteiger partial charge in [-0.1, -0.05) is 47.9 Å². The molecule has 0 aliphatic heterocycles. The van der Waals surface area contributed by atoms with Gasteiger partial charge in [0.1, 0.15) is 0 Å². The first-order valence-corrected chi connectivity index (χ1v) is 7.47. The van der Waals surface area contributed by atoms with Gasteiger partial charge in [-0.15, -0.1) is 0 Å². The van der Waals surface area contributed by atoms with E-state index in [9.17, 15) is 0 Å². The molecule has 3 nitrogen and oxygen atoms in total. The van der Waals surface area contributed by atoms with E-state index in [1.807, 2.05) is 4.68 Å². The van der Waals surface area contributed by atoms with Crippen molar-refractivity contribution in [2.24, 2.45) is 0 Å². The van der Waals surface area contributed by atoms with Crippen molar-refractivity contribution in [1.82, 2.24) is 15.1 Å². The van der Waals surface area contributed by atoms with Crippen LogP contribution in [-0.2, 0) is 6.54 Å². The predicted octanol–water partition coefficient (Wildman–Crippen LogP) is 3.87. The fraction of sp³-hybridized carbons (Fsp3) is 0.438. The molecule has 0 spiro atoms. The first kappa shape index (κ1) is 15.1. The van der Waals surface area contributed by atoms with E-state index in [1.165, 1.54) is 16.7 Å². The van der Waals surface area contributed by atoms with Crippen molar-refractivity contribution < 1.29 is 0 Å². The molecule has 1 aromatic carbocycles. The van der Waals surface area contributed by atoms with Crippen LogP contribution in [0.4, 0.5) is 0 Å². The first-order chi connectivity index (χ1) is 9.56. The van der Waals surface area contributed by atoms with Crippen molar-refractivity contribution in [2.75, 3.05) is 6.54 Å². The third-order valence-corrected chi connectivity index (χ3v) is 3.68. The van der Waals surface area contributed by atoms with Crippen molar-refractivity contribution in [1.29, 1.82) is 0 Å². The van der Waals surface area contributed by atoms with E-state index >= 15 is 0 Å². The quantitative estimate of drug-likeness (QED) is 0.906. The highest BCUT2D eigenvalue weighted by Gasteiger charge is 2.21. The van der Waals surface area contributed by atoms with Gasteiger partial charge in [-0.05, 0) is 32.9 Å². The van der Waals surface area contributed by atoms with Crippen LogP contribution < -0.4 is 5.32 Å². The summed E-state index contributed by atoms with van der Waals surface area (Å²) in [6, 6.07) is 6.69. The molecule has 2 rings (SSSR count). The standard InChI is InChI=1S/C16H22ClN3/c1-5-18-15(13-8-11(3)7-12(4)9-13)16-14(17)10-19-20(16)6-2/h7-10,15,18H,5-6H2,1-4H3. The molecule has 1 heterocycles. The maximum atomic E-state index is 6.36. The number of halogens is 1. The van der Waals surface area contributed by atoms with Crippen LogP contribution >= 0.6 is 11.6 Å². The summed E-state index contributed by atoms with van der Waals surface area (Å²) < 4.78 is 1.97. The summed E-state index contributed by atoms with van der Waals surface area (Å²) in [5, 5.41) is 8.60. The minimum atomic E-state index is 0.0774. The molecule has 1 atom stereocenters. The number of aromatic nitrogens is 2. The predicted molar refractivity (Wildman–Crippen MR) is 84.3 cm³/mol. The summed E-state index contributed by atoms with van der Waals surface area (Å²) >= 11 is 6.36. The van der Waals surface area contributed by atoms with Crippen LogP contribution in [0.1, 0.15) is 42.3 Å². The van der Waals surface area contributed by atoms with Gasteiger partial charge in [0.05, 0.1) is 23.0 Å². The van der Waals surface area contributed by atoms with E-state index in [0.29, 0.717) is 0 Å². The number of aryl methyl sites for hydroxylation is 3. The molecule has 4 heteroatoms. The van der Waals surface area contributed by atoms with Gasteiger partial charge in [0, 0.05) is 6.54 Å². The van der Waals surface area contributed by atoms with E-state index in [4.69, 9.17) is 11.6 Å². The lowest BCUT2D eigenvalue weighted by atomic mass is 9.99. The first-order valence-electron chi connectivity index (χ1n) is 7.09. The van der Waals surface area contributed by atoms with Gasteiger partial charge in [0.15, 0.2) is 0 Å². The molecular formula is C16H22ClN3. The minimum absolute atomic E-state index is 0.0774. The average Bonchev–Trinajstić information content (AvgIpc) is 2.76. The minimum Gasteiger partial charge on any atom is -0.305 e. The second-order valence-corrected chi connectivity index (χ2v) is 5.51. The fourth-order valence-electron chi connectivity index (χ4n) is 2.66. The molecule has 1 aromatic heterocycles. The second-order valence-electron chi connectivity index (χ2n) is 5.11. The van der Waals surface area contributed by atoms with Crippen molar-refractivity contribution in [2.45, 2.75) is 40.3 Å². The zero-order valence-corrected chi connectivity index (χ0v) is 13.3. The van der Waals surface area contributed by atoms with Gasteiger partial charge < -0.3 is 5.32 Å². The Labute approximate surface area is 126 Å². The van der Waals surface area contributed by atoms with Crippen molar-refractivity contribution >= 4 is 11.6 Å². The van der Waals surface area contributed by atoms with Crippen LogP contribution in [0.15, 0.2) is 24.4 Å². The summed E-state index contributed by atoms with van der Waals surface area (Å²) in [5.41, 5.74) is 4.81. The highest BCUT2D eigenvalue weighted by Crippen LogP contribution is 2.29. The molecule has 20 heavy (non-hydrogen) atoms. The molecule has 1 unspecified atom stereocenters. The number of nitrogens with one attached hydrogen (secondary N) is 1. The van der Waals surface area contributed by atoms with E-state index in [-0.39, 0.29) is 6.04 Å². The van der Waals surface area contributed by atoms with Crippen LogP contribution in [0.5, 0.6) is 0 Å². The zero-order chi connectivity index (χ0) is 14.7. The van der Waals surface area contributed by atoms with Gasteiger partial charge in [0.2, 0.25) is 0 Å². The molecule has 0 aliphatic carbocycles. The molecule has 0 saturated heterocycles. The number of hydrogen-bond acceptors (Lipinski definition) is 2. The van der Waals surface area contributed by atoms with E-state index in [2.05, 4.69) is 56.3 Å². The third kappa shape index (κ3) is 3.05. The smallest absolute Gasteiger partial charge is 0.0837 e. The Bertz CT molecular complexity index is 569. The molecule has 2 aromatic rings. The third-order valence-electron chi connectivity index (χ3n) is 3.39. The average molecular weight is 292 g/mol. The Kier molecular flexibility index (Phi) is 4.84. The monoisotopic (exact) mass is 291 g/mol. The Morgan fingerprint density at radius 3 is 2.40 bits per heavy atom. The summed E-state index contributed by atoms with van der Waals surface area (Å²) in [6.45, 7) is 10.1. The largest absolute Gasteiger partial charge is 0.305 e. The lowest BCUT2D eigenvalue weighted by Gasteiger charge is -2.21. The van der Waals surface area contributed by atoms with Crippen LogP contribution in [-0.4, -0.2) is 16.3 Å². The van der Waals surface area contributed by atoms with Crippen molar-refractivity contribution in [3.63, 3.8) is 0 Å². The van der Waals surface area contributed by atoms with E-state index in [1.54, 1.807) is 6.20 Å². The van der Waals surface area contributed by atoms with Gasteiger partial charge in [-0.2, -0.15) is 5.10 Å². The van der Waals surface area contributed by atoms with Crippen LogP contribution in [0.25, 0.3) is 0 Å². The van der Waals surface area contributed by atoms with Gasteiger partial charge >= 0.3 is 0 Å². The molecule has 0 aliphatic rings. The Morgan fingerprint density at radius 1 is 1.20 bits per heavy atom. The zero-order valence-electron chi connectivity index (χ0n) is 12.6. The maximum absolute atomic E-state index is 6.36. The highest BCUT2D eigenvalue weighted by atomic mass is 35.5. The molecule has 108 valence electrons. The molecule has 0 amide bonds. The topological polar surface area (TPSA) is 29.9 Å². The van der Waals surface area contributed by atoms with Gasteiger partial charge in [-0.3, -0.25) is 4.68 Å². The summed E-state index contributed by atoms with van der Waals surface area (Å²) in [4.78, 5) is 0. The normalized spacial score (nSPS) is 12.7. The van der Waals surface area contributed by atoms with E-state index < -0.39 is 0 Å². The van der Waals surface area contributed by atoms with Crippen LogP contribution in [0, 0.1) is 13.8 Å². The SMILES string of the molecule is CCNC(c1cc(C)cc(C)c1)c1c(Cl)cnn1CC. The Morgan fingerprint density at radius 2 is 1.85 bits per heavy atom. The molecule has 1 N–H and O–H groups in total. The van der Waals surface area contributed by atoms with Crippen LogP contribution in [0.2, 0.25) is 5.02 Å². The summed E-state index contributed by atoms with van der Waals surface area (Å²) in [7, 11) is 0. The number of rotatable bonds is 5. The van der Waals surface area contributed by atoms with Crippen LogP contribution in [0.3, 0.4) is 0 Å². The van der Waals surface area contributed by atoms with Crippen molar-refractivity contribution in [3.8, 4) is 0 Å². The molecular weight excluding hydrogens is 270 g/mol. The number of hydrogen-bond donors (Lipinski definition) is 1. The maximum Gasteiger partial charge on any atom is 0.0837 e. The van der Waals surface area contributed by atoms with Gasteiger partial charge in [-0.25, -0.2) is 0 Å². The fourth-order valence-corrected chi connectivity index (χ4v) is 2.91. The van der Waals surface area contributed by atoms with E-state index in [0.717, 1.165) is 23.8 Å². The molecule has 0 saturated carbocycles. The highest BCUT2D eigenvalue weighted by molar-refractivity contribution is 6.31. The van der Waals surface area contributed by atoms with Crippen molar-refractivity contribution in [3.05, 3.63) is 51.8 Å². The molecule has 0 fully saturated rings. The van der Waals surface area contributed by atoms with Gasteiger partial charge in [0.25, 0.3) is 0 Å². The second kappa shape index (κ2) is 6.42. The lowest BCUT2D eigenvalue weighted by Crippen LogP contribution is -2.25. The number of nitrogens with zero attached hydrogens (tertiary/aromatic N) is 2. The molecule has 0 bridgehead atoms. The Balaban J connectivity index is 2.52. The lowest BCUT2D eigenvalue weighted by molar-refractivity contribution is 0.542.